The molecular formula is C16H20BrNO4S. The topological polar surface area (TPSA) is 76.4 Å². The van der Waals surface area contributed by atoms with Crippen molar-refractivity contribution in [2.24, 2.45) is 5.92 Å². The summed E-state index contributed by atoms with van der Waals surface area (Å²) < 4.78 is 35.9. The molecule has 0 unspecified atom stereocenters. The van der Waals surface area contributed by atoms with Crippen molar-refractivity contribution in [3.05, 3.63) is 22.2 Å². The van der Waals surface area contributed by atoms with Crippen molar-refractivity contribution in [1.29, 1.82) is 5.26 Å². The lowest BCUT2D eigenvalue weighted by Crippen LogP contribution is -2.23. The highest BCUT2D eigenvalue weighted by atomic mass is 79.9. The van der Waals surface area contributed by atoms with Crippen molar-refractivity contribution >= 4 is 26.0 Å². The third kappa shape index (κ3) is 5.11. The third-order valence-electron chi connectivity index (χ3n) is 3.81. The average molecular weight is 402 g/mol. The minimum absolute atomic E-state index is 0.0189. The van der Waals surface area contributed by atoms with Crippen LogP contribution >= 0.6 is 15.9 Å². The fourth-order valence-electron chi connectivity index (χ4n) is 2.78. The van der Waals surface area contributed by atoms with Crippen LogP contribution < -0.4 is 8.92 Å². The largest absolute Gasteiger partial charge is 0.490 e. The Labute approximate surface area is 145 Å². The summed E-state index contributed by atoms with van der Waals surface area (Å²) in [5.74, 6) is 0.541. The molecule has 0 aliphatic heterocycles. The van der Waals surface area contributed by atoms with Crippen molar-refractivity contribution < 1.29 is 17.3 Å². The smallest absolute Gasteiger partial charge is 0.309 e. The normalized spacial score (nSPS) is 15.9. The highest BCUT2D eigenvalue weighted by Gasteiger charge is 2.25. The molecule has 0 radical (unpaired) electrons. The van der Waals surface area contributed by atoms with Crippen LogP contribution in [0.5, 0.6) is 11.5 Å². The molecule has 1 saturated carbocycles. The van der Waals surface area contributed by atoms with Gasteiger partial charge in [0, 0.05) is 6.07 Å². The van der Waals surface area contributed by atoms with Crippen LogP contribution in [0.4, 0.5) is 0 Å². The third-order valence-corrected chi connectivity index (χ3v) is 5.70. The number of nitrogens with zero attached hydrogens (tertiary/aromatic N) is 1. The predicted molar refractivity (Wildman–Crippen MR) is 91.0 cm³/mol. The van der Waals surface area contributed by atoms with Gasteiger partial charge in [0.2, 0.25) is 0 Å². The van der Waals surface area contributed by atoms with E-state index < -0.39 is 10.1 Å². The Balaban J connectivity index is 2.22. The summed E-state index contributed by atoms with van der Waals surface area (Å²) in [5.41, 5.74) is 0.373. The first-order valence-electron chi connectivity index (χ1n) is 7.73. The quantitative estimate of drug-likeness (QED) is 0.672. The summed E-state index contributed by atoms with van der Waals surface area (Å²) >= 11 is 3.27. The average Bonchev–Trinajstić information content (AvgIpc) is 2.51. The van der Waals surface area contributed by atoms with E-state index in [0.29, 0.717) is 16.6 Å². The summed E-state index contributed by atoms with van der Waals surface area (Å²) in [5, 5.41) is 9.01. The Kier molecular flexibility index (Phi) is 6.31. The van der Waals surface area contributed by atoms with Gasteiger partial charge in [0.25, 0.3) is 0 Å². The van der Waals surface area contributed by atoms with E-state index in [0.717, 1.165) is 25.7 Å². The summed E-state index contributed by atoms with van der Waals surface area (Å²) in [6.07, 6.45) is 5.17. The highest BCUT2D eigenvalue weighted by molar-refractivity contribution is 9.10. The number of hydrogen-bond acceptors (Lipinski definition) is 5. The molecule has 23 heavy (non-hydrogen) atoms. The molecule has 126 valence electrons. The van der Waals surface area contributed by atoms with Gasteiger partial charge in [-0.25, -0.2) is 0 Å². The van der Waals surface area contributed by atoms with Crippen LogP contribution in [0.3, 0.4) is 0 Å². The molecule has 0 saturated heterocycles. The number of ether oxygens (including phenoxy) is 1. The van der Waals surface area contributed by atoms with Crippen molar-refractivity contribution in [1.82, 2.24) is 0 Å². The summed E-state index contributed by atoms with van der Waals surface area (Å²) in [6.45, 7) is 2.13. The number of halogens is 1. The monoisotopic (exact) mass is 401 g/mol. The first-order chi connectivity index (χ1) is 10.9. The molecule has 0 amide bonds. The van der Waals surface area contributed by atoms with Crippen LogP contribution in [-0.4, -0.2) is 20.8 Å². The van der Waals surface area contributed by atoms with Crippen LogP contribution in [0.1, 0.15) is 44.6 Å². The van der Waals surface area contributed by atoms with Crippen LogP contribution in [0.25, 0.3) is 0 Å². The second kappa shape index (κ2) is 8.02. The molecule has 1 aromatic carbocycles. The van der Waals surface area contributed by atoms with Gasteiger partial charge in [-0.05, 0) is 47.7 Å². The van der Waals surface area contributed by atoms with Crippen LogP contribution in [0.2, 0.25) is 0 Å². The Bertz CT molecular complexity index is 691. The maximum atomic E-state index is 12.4. The zero-order chi connectivity index (χ0) is 16.9. The maximum Gasteiger partial charge on any atom is 0.309 e. The number of nitriles is 1. The number of benzene rings is 1. The molecule has 1 aliphatic rings. The molecule has 1 aliphatic carbocycles. The fourth-order valence-corrected chi connectivity index (χ4v) is 4.81. The zero-order valence-electron chi connectivity index (χ0n) is 13.0. The maximum absolute atomic E-state index is 12.4. The molecule has 0 atom stereocenters. The molecule has 0 spiro atoms. The van der Waals surface area contributed by atoms with Crippen LogP contribution in [0, 0.1) is 17.2 Å². The van der Waals surface area contributed by atoms with Crippen molar-refractivity contribution in [3.63, 3.8) is 0 Å². The van der Waals surface area contributed by atoms with E-state index >= 15 is 0 Å². The lowest BCUT2D eigenvalue weighted by molar-refractivity contribution is 0.325. The number of hydrogen-bond donors (Lipinski definition) is 0. The second-order valence-electron chi connectivity index (χ2n) is 5.64. The minimum Gasteiger partial charge on any atom is -0.490 e. The van der Waals surface area contributed by atoms with E-state index in [1.165, 1.54) is 18.6 Å². The van der Waals surface area contributed by atoms with Gasteiger partial charge in [-0.3, -0.25) is 0 Å². The Morgan fingerprint density at radius 3 is 2.61 bits per heavy atom. The minimum atomic E-state index is -3.71. The summed E-state index contributed by atoms with van der Waals surface area (Å²) in [6, 6.07) is 5.01. The Hall–Kier alpha value is -1.26. The van der Waals surface area contributed by atoms with Gasteiger partial charge in [-0.1, -0.05) is 19.3 Å². The number of rotatable bonds is 6. The lowest BCUT2D eigenvalue weighted by Gasteiger charge is -2.21. The molecule has 5 nitrogen and oxygen atoms in total. The second-order valence-corrected chi connectivity index (χ2v) is 8.11. The Morgan fingerprint density at radius 2 is 2.00 bits per heavy atom. The van der Waals surface area contributed by atoms with E-state index in [9.17, 15) is 8.42 Å². The highest BCUT2D eigenvalue weighted by Crippen LogP contribution is 2.38. The molecular weight excluding hydrogens is 382 g/mol. The predicted octanol–water partition coefficient (Wildman–Crippen LogP) is 4.01. The van der Waals surface area contributed by atoms with Gasteiger partial charge in [0.1, 0.15) is 0 Å². The van der Waals surface area contributed by atoms with Gasteiger partial charge < -0.3 is 8.92 Å². The van der Waals surface area contributed by atoms with Crippen LogP contribution in [-0.2, 0) is 10.1 Å². The van der Waals surface area contributed by atoms with Crippen molar-refractivity contribution in [3.8, 4) is 17.6 Å². The van der Waals surface area contributed by atoms with E-state index in [1.807, 2.05) is 6.07 Å². The van der Waals surface area contributed by atoms with Crippen molar-refractivity contribution in [2.75, 3.05) is 12.4 Å². The van der Waals surface area contributed by atoms with Gasteiger partial charge in [-0.2, -0.15) is 13.7 Å². The van der Waals surface area contributed by atoms with Gasteiger partial charge in [0.15, 0.2) is 11.5 Å². The lowest BCUT2D eigenvalue weighted by atomic mass is 9.91. The van der Waals surface area contributed by atoms with Crippen molar-refractivity contribution in [2.45, 2.75) is 39.0 Å². The Morgan fingerprint density at radius 1 is 1.30 bits per heavy atom. The summed E-state index contributed by atoms with van der Waals surface area (Å²) in [7, 11) is -3.71. The first kappa shape index (κ1) is 18.1. The van der Waals surface area contributed by atoms with Crippen LogP contribution in [0.15, 0.2) is 16.6 Å². The molecule has 1 aromatic rings. The molecule has 0 N–H and O–H groups in total. The van der Waals surface area contributed by atoms with E-state index in [4.69, 9.17) is 14.2 Å². The molecule has 0 aromatic heterocycles. The standard InChI is InChI=1S/C16H20BrNO4S/c1-2-21-15-9-13(10-18)8-14(17)16(15)22-23(19,20)11-12-6-4-3-5-7-12/h8-9,12H,2-7,11H2,1H3. The summed E-state index contributed by atoms with van der Waals surface area (Å²) in [4.78, 5) is 0. The molecule has 1 fully saturated rings. The van der Waals surface area contributed by atoms with Gasteiger partial charge in [-0.15, -0.1) is 0 Å². The molecule has 0 heterocycles. The van der Waals surface area contributed by atoms with E-state index in [1.54, 1.807) is 6.92 Å². The first-order valence-corrected chi connectivity index (χ1v) is 10.1. The zero-order valence-corrected chi connectivity index (χ0v) is 15.5. The fraction of sp³-hybridized carbons (Fsp3) is 0.562. The van der Waals surface area contributed by atoms with E-state index in [-0.39, 0.29) is 23.2 Å². The SMILES string of the molecule is CCOc1cc(C#N)cc(Br)c1OS(=O)(=O)CC1CCCCC1. The molecule has 2 rings (SSSR count). The van der Waals surface area contributed by atoms with Gasteiger partial charge >= 0.3 is 10.1 Å². The van der Waals surface area contributed by atoms with Gasteiger partial charge in [0.05, 0.1) is 28.5 Å². The molecule has 0 bridgehead atoms. The molecule has 7 heteroatoms. The van der Waals surface area contributed by atoms with E-state index in [2.05, 4.69) is 15.9 Å².